The second-order valence-electron chi connectivity index (χ2n) is 6.44. The summed E-state index contributed by atoms with van der Waals surface area (Å²) in [5, 5.41) is 2.88. The summed E-state index contributed by atoms with van der Waals surface area (Å²) < 4.78 is 25.2. The van der Waals surface area contributed by atoms with E-state index < -0.39 is 15.6 Å². The van der Waals surface area contributed by atoms with Gasteiger partial charge in [-0.15, -0.1) is 0 Å². The minimum atomic E-state index is -3.46. The molecule has 1 atom stereocenters. The lowest BCUT2D eigenvalue weighted by molar-refractivity contribution is -0.119. The molecule has 5 nitrogen and oxygen atoms in total. The third kappa shape index (κ3) is 5.02. The Balaban J connectivity index is 1.50. The zero-order chi connectivity index (χ0) is 16.4. The number of benzene rings is 1. The van der Waals surface area contributed by atoms with Crippen LogP contribution in [0.15, 0.2) is 28.7 Å². The first-order chi connectivity index (χ1) is 10.9. The monoisotopic (exact) mass is 400 g/mol. The number of hydrogen-bond acceptors (Lipinski definition) is 4. The Morgan fingerprint density at radius 2 is 2.09 bits per heavy atom. The van der Waals surface area contributed by atoms with Crippen molar-refractivity contribution in [1.29, 1.82) is 0 Å². The first kappa shape index (κ1) is 16.9. The molecular formula is C16H21BrN2O3S. The molecule has 2 fully saturated rings. The van der Waals surface area contributed by atoms with Gasteiger partial charge in [0.05, 0.1) is 5.75 Å². The van der Waals surface area contributed by atoms with Gasteiger partial charge in [0.15, 0.2) is 9.84 Å². The quantitative estimate of drug-likeness (QED) is 0.789. The van der Waals surface area contributed by atoms with Crippen LogP contribution in [0.3, 0.4) is 0 Å². The molecule has 0 bridgehead atoms. The van der Waals surface area contributed by atoms with E-state index in [1.807, 2.05) is 6.07 Å². The fourth-order valence-electron chi connectivity index (χ4n) is 3.08. The zero-order valence-electron chi connectivity index (χ0n) is 12.9. The zero-order valence-corrected chi connectivity index (χ0v) is 15.3. The van der Waals surface area contributed by atoms with Crippen molar-refractivity contribution in [2.24, 2.45) is 0 Å². The van der Waals surface area contributed by atoms with Crippen molar-refractivity contribution in [2.45, 2.75) is 37.1 Å². The summed E-state index contributed by atoms with van der Waals surface area (Å²) in [5.74, 6) is -0.944. The smallest absolute Gasteiger partial charge is 0.235 e. The van der Waals surface area contributed by atoms with Crippen LogP contribution >= 0.6 is 15.9 Å². The third-order valence-electron chi connectivity index (χ3n) is 4.27. The molecule has 1 amide bonds. The molecule has 1 aliphatic carbocycles. The fourth-order valence-corrected chi connectivity index (χ4v) is 4.80. The summed E-state index contributed by atoms with van der Waals surface area (Å²) in [6.45, 7) is 1.85. The van der Waals surface area contributed by atoms with Gasteiger partial charge in [-0.05, 0) is 37.0 Å². The van der Waals surface area contributed by atoms with Gasteiger partial charge in [0, 0.05) is 29.6 Å². The lowest BCUT2D eigenvalue weighted by Gasteiger charge is -2.15. The first-order valence-electron chi connectivity index (χ1n) is 7.89. The average molecular weight is 401 g/mol. The van der Waals surface area contributed by atoms with Crippen molar-refractivity contribution in [1.82, 2.24) is 10.2 Å². The molecule has 3 rings (SSSR count). The molecule has 1 heterocycles. The van der Waals surface area contributed by atoms with Crippen LogP contribution < -0.4 is 5.32 Å². The lowest BCUT2D eigenvalue weighted by atomic mass is 10.2. The molecule has 1 aliphatic heterocycles. The molecule has 0 spiro atoms. The number of nitrogens with one attached hydrogen (secondary N) is 1. The van der Waals surface area contributed by atoms with E-state index >= 15 is 0 Å². The van der Waals surface area contributed by atoms with Crippen molar-refractivity contribution in [3.05, 3.63) is 34.3 Å². The second-order valence-corrected chi connectivity index (χ2v) is 9.42. The summed E-state index contributed by atoms with van der Waals surface area (Å²) in [7, 11) is -3.46. The van der Waals surface area contributed by atoms with Crippen LogP contribution in [0.4, 0.5) is 0 Å². The molecule has 0 aromatic heterocycles. The van der Waals surface area contributed by atoms with Gasteiger partial charge in [-0.25, -0.2) is 8.42 Å². The van der Waals surface area contributed by atoms with Crippen molar-refractivity contribution in [2.75, 3.05) is 18.8 Å². The standard InChI is InChI=1S/C16H21BrN2O3S/c17-13-3-1-2-12(8-13)10-23(21,22)11-16(20)18-14-6-7-19(9-14)15-4-5-15/h1-3,8,14-15H,4-7,9-11H2,(H,18,20). The Labute approximate surface area is 145 Å². The predicted molar refractivity (Wildman–Crippen MR) is 92.8 cm³/mol. The van der Waals surface area contributed by atoms with Gasteiger partial charge in [-0.3, -0.25) is 9.69 Å². The van der Waals surface area contributed by atoms with E-state index in [0.29, 0.717) is 11.6 Å². The normalized spacial score (nSPS) is 22.2. The highest BCUT2D eigenvalue weighted by Crippen LogP contribution is 2.29. The number of sulfone groups is 1. The van der Waals surface area contributed by atoms with Crippen LogP contribution in [0.25, 0.3) is 0 Å². The lowest BCUT2D eigenvalue weighted by Crippen LogP contribution is -2.40. The third-order valence-corrected chi connectivity index (χ3v) is 6.24. The SMILES string of the molecule is O=C(CS(=O)(=O)Cc1cccc(Br)c1)NC1CCN(C2CC2)C1. The second kappa shape index (κ2) is 6.91. The number of likely N-dealkylation sites (tertiary alicyclic amines) is 1. The molecule has 7 heteroatoms. The number of halogens is 1. The van der Waals surface area contributed by atoms with Crippen LogP contribution in [-0.4, -0.2) is 50.2 Å². The number of rotatable bonds is 6. The summed E-state index contributed by atoms with van der Waals surface area (Å²) in [5.41, 5.74) is 0.688. The summed E-state index contributed by atoms with van der Waals surface area (Å²) >= 11 is 3.32. The Morgan fingerprint density at radius 1 is 1.30 bits per heavy atom. The number of amides is 1. The van der Waals surface area contributed by atoms with Gasteiger partial charge >= 0.3 is 0 Å². The maximum Gasteiger partial charge on any atom is 0.235 e. The van der Waals surface area contributed by atoms with Crippen molar-refractivity contribution in [3.63, 3.8) is 0 Å². The summed E-state index contributed by atoms with van der Waals surface area (Å²) in [6.07, 6.45) is 3.41. The molecular weight excluding hydrogens is 380 g/mol. The van der Waals surface area contributed by atoms with Gasteiger partial charge in [-0.2, -0.15) is 0 Å². The van der Waals surface area contributed by atoms with Crippen LogP contribution in [0, 0.1) is 0 Å². The number of nitrogens with zero attached hydrogens (tertiary/aromatic N) is 1. The van der Waals surface area contributed by atoms with Crippen molar-refractivity contribution < 1.29 is 13.2 Å². The topological polar surface area (TPSA) is 66.5 Å². The number of hydrogen-bond donors (Lipinski definition) is 1. The van der Waals surface area contributed by atoms with Crippen molar-refractivity contribution >= 4 is 31.7 Å². The minimum Gasteiger partial charge on any atom is -0.351 e. The van der Waals surface area contributed by atoms with Crippen LogP contribution in [0.5, 0.6) is 0 Å². The Kier molecular flexibility index (Phi) is 5.08. The molecule has 1 N–H and O–H groups in total. The van der Waals surface area contributed by atoms with Gasteiger partial charge in [0.2, 0.25) is 5.91 Å². The minimum absolute atomic E-state index is 0.0872. The van der Waals surface area contributed by atoms with Gasteiger partial charge in [0.25, 0.3) is 0 Å². The maximum absolute atomic E-state index is 12.2. The highest BCUT2D eigenvalue weighted by atomic mass is 79.9. The van der Waals surface area contributed by atoms with Crippen molar-refractivity contribution in [3.8, 4) is 0 Å². The molecule has 1 saturated carbocycles. The summed E-state index contributed by atoms with van der Waals surface area (Å²) in [6, 6.07) is 7.93. The van der Waals surface area contributed by atoms with E-state index in [-0.39, 0.29) is 17.7 Å². The molecule has 2 aliphatic rings. The maximum atomic E-state index is 12.2. The van der Waals surface area contributed by atoms with Gasteiger partial charge in [-0.1, -0.05) is 28.1 Å². The Hall–Kier alpha value is -0.920. The Morgan fingerprint density at radius 3 is 2.78 bits per heavy atom. The molecule has 0 radical (unpaired) electrons. The molecule has 1 aromatic carbocycles. The Bertz CT molecular complexity index is 688. The number of carbonyl (C=O) groups excluding carboxylic acids is 1. The van der Waals surface area contributed by atoms with Gasteiger partial charge < -0.3 is 5.32 Å². The molecule has 23 heavy (non-hydrogen) atoms. The summed E-state index contributed by atoms with van der Waals surface area (Å²) in [4.78, 5) is 14.4. The van der Waals surface area contributed by atoms with Gasteiger partial charge in [0.1, 0.15) is 5.75 Å². The molecule has 1 aromatic rings. The van der Waals surface area contributed by atoms with Crippen LogP contribution in [0.1, 0.15) is 24.8 Å². The highest BCUT2D eigenvalue weighted by molar-refractivity contribution is 9.10. The van der Waals surface area contributed by atoms with Crippen LogP contribution in [0.2, 0.25) is 0 Å². The first-order valence-corrected chi connectivity index (χ1v) is 10.5. The number of carbonyl (C=O) groups is 1. The molecule has 1 unspecified atom stereocenters. The fraction of sp³-hybridized carbons (Fsp3) is 0.562. The predicted octanol–water partition coefficient (Wildman–Crippen LogP) is 1.72. The molecule has 126 valence electrons. The van der Waals surface area contributed by atoms with E-state index in [1.54, 1.807) is 18.2 Å². The molecule has 1 saturated heterocycles. The van der Waals surface area contributed by atoms with E-state index in [1.165, 1.54) is 12.8 Å². The van der Waals surface area contributed by atoms with Crippen LogP contribution in [-0.2, 0) is 20.4 Å². The average Bonchev–Trinajstić information content (AvgIpc) is 3.18. The highest BCUT2D eigenvalue weighted by Gasteiger charge is 2.35. The van der Waals surface area contributed by atoms with E-state index in [9.17, 15) is 13.2 Å². The van der Waals surface area contributed by atoms with E-state index in [2.05, 4.69) is 26.1 Å². The van der Waals surface area contributed by atoms with E-state index in [0.717, 1.165) is 24.0 Å². The largest absolute Gasteiger partial charge is 0.351 e. The van der Waals surface area contributed by atoms with E-state index in [4.69, 9.17) is 0 Å².